The van der Waals surface area contributed by atoms with Gasteiger partial charge in [-0.25, -0.2) is 0 Å². The molecule has 0 bridgehead atoms. The number of hydrogen-bond acceptors (Lipinski definition) is 5. The molecule has 2 aromatic heterocycles. The monoisotopic (exact) mass is 304 g/mol. The number of carbonyl (C=O) groups excluding carboxylic acids is 1. The van der Waals surface area contributed by atoms with E-state index in [1.807, 2.05) is 0 Å². The molecule has 0 spiro atoms. The van der Waals surface area contributed by atoms with E-state index in [-0.39, 0.29) is 11.3 Å². The van der Waals surface area contributed by atoms with Crippen LogP contribution in [-0.4, -0.2) is 22.6 Å². The van der Waals surface area contributed by atoms with E-state index in [2.05, 4.69) is 22.4 Å². The largest absolute Gasteiger partial charge is 0.397 e. The molecule has 1 aliphatic rings. The average Bonchev–Trinajstić information content (AvgIpc) is 2.84. The first-order chi connectivity index (χ1) is 10.1. The highest BCUT2D eigenvalue weighted by molar-refractivity contribution is 7.21. The second kappa shape index (κ2) is 5.60. The summed E-state index contributed by atoms with van der Waals surface area (Å²) in [6.45, 7) is 2.97. The Balaban J connectivity index is 1.73. The minimum Gasteiger partial charge on any atom is -0.397 e. The number of aromatic nitrogens is 2. The summed E-state index contributed by atoms with van der Waals surface area (Å²) >= 11 is 1.31. The van der Waals surface area contributed by atoms with Gasteiger partial charge in [0.05, 0.1) is 11.9 Å². The Morgan fingerprint density at radius 2 is 2.19 bits per heavy atom. The van der Waals surface area contributed by atoms with Crippen molar-refractivity contribution in [3.05, 3.63) is 17.1 Å². The predicted molar refractivity (Wildman–Crippen MR) is 85.4 cm³/mol. The molecule has 0 saturated heterocycles. The SMILES string of the molecule is CC1(CNC(=O)c2sc3nnccc3c2N)CCCCC1. The van der Waals surface area contributed by atoms with Crippen molar-refractivity contribution in [1.29, 1.82) is 0 Å². The van der Waals surface area contributed by atoms with Gasteiger partial charge in [-0.1, -0.05) is 26.2 Å². The summed E-state index contributed by atoms with van der Waals surface area (Å²) in [6.07, 6.45) is 7.78. The summed E-state index contributed by atoms with van der Waals surface area (Å²) < 4.78 is 0. The molecule has 0 radical (unpaired) electrons. The lowest BCUT2D eigenvalue weighted by Gasteiger charge is -2.33. The van der Waals surface area contributed by atoms with Crippen LogP contribution in [0.4, 0.5) is 5.69 Å². The molecule has 5 nitrogen and oxygen atoms in total. The minimum atomic E-state index is -0.0951. The smallest absolute Gasteiger partial charge is 0.263 e. The van der Waals surface area contributed by atoms with E-state index in [4.69, 9.17) is 5.73 Å². The van der Waals surface area contributed by atoms with Gasteiger partial charge in [0.15, 0.2) is 0 Å². The van der Waals surface area contributed by atoms with Crippen LogP contribution >= 0.6 is 11.3 Å². The summed E-state index contributed by atoms with van der Waals surface area (Å²) in [6, 6.07) is 1.80. The van der Waals surface area contributed by atoms with E-state index in [0.717, 1.165) is 5.39 Å². The number of rotatable bonds is 3. The van der Waals surface area contributed by atoms with Gasteiger partial charge in [0, 0.05) is 11.9 Å². The third-order valence-electron chi connectivity index (χ3n) is 4.36. The molecule has 21 heavy (non-hydrogen) atoms. The zero-order valence-corrected chi connectivity index (χ0v) is 13.0. The number of nitrogen functional groups attached to an aromatic ring is 1. The molecule has 0 aliphatic heterocycles. The Bertz CT molecular complexity index is 661. The Morgan fingerprint density at radius 1 is 1.43 bits per heavy atom. The molecule has 1 saturated carbocycles. The lowest BCUT2D eigenvalue weighted by atomic mass is 9.76. The van der Waals surface area contributed by atoms with Crippen molar-refractivity contribution in [2.75, 3.05) is 12.3 Å². The van der Waals surface area contributed by atoms with Gasteiger partial charge in [-0.2, -0.15) is 5.10 Å². The van der Waals surface area contributed by atoms with E-state index in [0.29, 0.717) is 21.9 Å². The summed E-state index contributed by atoms with van der Waals surface area (Å²) in [7, 11) is 0. The number of fused-ring (bicyclic) bond motifs is 1. The Labute approximate surface area is 127 Å². The highest BCUT2D eigenvalue weighted by Crippen LogP contribution is 2.35. The maximum atomic E-state index is 12.4. The number of nitrogens with two attached hydrogens (primary N) is 1. The topological polar surface area (TPSA) is 80.9 Å². The summed E-state index contributed by atoms with van der Waals surface area (Å²) in [4.78, 5) is 13.6. The fraction of sp³-hybridized carbons (Fsp3) is 0.533. The number of hydrogen-bond donors (Lipinski definition) is 2. The van der Waals surface area contributed by atoms with Crippen LogP contribution in [0.1, 0.15) is 48.7 Å². The molecule has 1 amide bonds. The number of carbonyl (C=O) groups is 1. The predicted octanol–water partition coefficient (Wildman–Crippen LogP) is 2.97. The Morgan fingerprint density at radius 3 is 2.90 bits per heavy atom. The minimum absolute atomic E-state index is 0.0951. The molecule has 1 aliphatic carbocycles. The Hall–Kier alpha value is -1.69. The molecular formula is C15H20N4OS. The van der Waals surface area contributed by atoms with Gasteiger partial charge < -0.3 is 11.1 Å². The first kappa shape index (κ1) is 14.3. The van der Waals surface area contributed by atoms with E-state index >= 15 is 0 Å². The second-order valence-electron chi connectivity index (χ2n) is 6.15. The van der Waals surface area contributed by atoms with Crippen LogP contribution in [0, 0.1) is 5.41 Å². The van der Waals surface area contributed by atoms with Crippen LogP contribution in [0.5, 0.6) is 0 Å². The molecule has 3 rings (SSSR count). The van der Waals surface area contributed by atoms with Crippen LogP contribution in [0.3, 0.4) is 0 Å². The molecule has 1 fully saturated rings. The van der Waals surface area contributed by atoms with E-state index in [1.165, 1.54) is 43.4 Å². The summed E-state index contributed by atoms with van der Waals surface area (Å²) in [5.41, 5.74) is 6.80. The van der Waals surface area contributed by atoms with Crippen LogP contribution in [0.2, 0.25) is 0 Å². The second-order valence-corrected chi connectivity index (χ2v) is 7.15. The zero-order chi connectivity index (χ0) is 14.9. The lowest BCUT2D eigenvalue weighted by Crippen LogP contribution is -2.36. The Kier molecular flexibility index (Phi) is 3.80. The van der Waals surface area contributed by atoms with Crippen molar-refractivity contribution in [2.45, 2.75) is 39.0 Å². The van der Waals surface area contributed by atoms with Crippen molar-refractivity contribution >= 4 is 33.1 Å². The maximum absolute atomic E-state index is 12.4. The molecule has 0 atom stereocenters. The normalized spacial score (nSPS) is 17.8. The fourth-order valence-electron chi connectivity index (χ4n) is 3.00. The molecule has 3 N–H and O–H groups in total. The van der Waals surface area contributed by atoms with Gasteiger partial charge in [-0.15, -0.1) is 16.4 Å². The van der Waals surface area contributed by atoms with Crippen molar-refractivity contribution < 1.29 is 4.79 Å². The van der Waals surface area contributed by atoms with Crippen LogP contribution < -0.4 is 11.1 Å². The van der Waals surface area contributed by atoms with E-state index in [9.17, 15) is 4.79 Å². The van der Waals surface area contributed by atoms with Gasteiger partial charge in [-0.05, 0) is 24.3 Å². The molecule has 6 heteroatoms. The number of amides is 1. The van der Waals surface area contributed by atoms with Crippen molar-refractivity contribution in [2.24, 2.45) is 5.41 Å². The van der Waals surface area contributed by atoms with E-state index in [1.54, 1.807) is 12.3 Å². The zero-order valence-electron chi connectivity index (χ0n) is 12.2. The number of thiophene rings is 1. The third kappa shape index (κ3) is 2.85. The highest BCUT2D eigenvalue weighted by Gasteiger charge is 2.28. The number of nitrogens with one attached hydrogen (secondary N) is 1. The van der Waals surface area contributed by atoms with Gasteiger partial charge in [0.25, 0.3) is 5.91 Å². The van der Waals surface area contributed by atoms with E-state index < -0.39 is 0 Å². The average molecular weight is 304 g/mol. The first-order valence-corrected chi connectivity index (χ1v) is 8.19. The van der Waals surface area contributed by atoms with Crippen molar-refractivity contribution in [1.82, 2.24) is 15.5 Å². The summed E-state index contributed by atoms with van der Waals surface area (Å²) in [5, 5.41) is 11.7. The van der Waals surface area contributed by atoms with Crippen molar-refractivity contribution in [3.63, 3.8) is 0 Å². The molecule has 2 heterocycles. The molecule has 0 unspecified atom stereocenters. The van der Waals surface area contributed by atoms with Crippen LogP contribution in [-0.2, 0) is 0 Å². The molecule has 2 aromatic rings. The van der Waals surface area contributed by atoms with Gasteiger partial charge in [-0.3, -0.25) is 4.79 Å². The lowest BCUT2D eigenvalue weighted by molar-refractivity contribution is 0.0924. The highest BCUT2D eigenvalue weighted by atomic mass is 32.1. The maximum Gasteiger partial charge on any atom is 0.263 e. The summed E-state index contributed by atoms with van der Waals surface area (Å²) in [5.74, 6) is -0.0951. The number of anilines is 1. The molecular weight excluding hydrogens is 284 g/mol. The fourth-order valence-corrected chi connectivity index (χ4v) is 3.95. The van der Waals surface area contributed by atoms with Crippen molar-refractivity contribution in [3.8, 4) is 0 Å². The van der Waals surface area contributed by atoms with Crippen LogP contribution in [0.15, 0.2) is 12.3 Å². The first-order valence-electron chi connectivity index (χ1n) is 7.37. The third-order valence-corrected chi connectivity index (χ3v) is 5.47. The van der Waals surface area contributed by atoms with Gasteiger partial charge in [0.1, 0.15) is 9.71 Å². The van der Waals surface area contributed by atoms with Gasteiger partial charge in [0.2, 0.25) is 0 Å². The standard InChI is InChI=1S/C15H20N4OS/c1-15(6-3-2-4-7-15)9-17-13(20)12-11(16)10-5-8-18-19-14(10)21-12/h5,8H,2-4,6-7,9,16H2,1H3,(H,17,20). The molecule has 112 valence electrons. The number of nitrogens with zero attached hydrogens (tertiary/aromatic N) is 2. The van der Waals surface area contributed by atoms with Crippen LogP contribution in [0.25, 0.3) is 10.2 Å². The van der Waals surface area contributed by atoms with Gasteiger partial charge >= 0.3 is 0 Å². The quantitative estimate of drug-likeness (QED) is 0.913. The molecule has 0 aromatic carbocycles.